The van der Waals surface area contributed by atoms with E-state index in [0.29, 0.717) is 0 Å². The Morgan fingerprint density at radius 1 is 0.750 bits per heavy atom. The molecule has 1 saturated carbocycles. The Bertz CT molecular complexity index is 793. The summed E-state index contributed by atoms with van der Waals surface area (Å²) in [4.78, 5) is 0. The van der Waals surface area contributed by atoms with E-state index in [1.165, 1.54) is 27.5 Å². The molecule has 3 aromatic carbocycles. The zero-order valence-corrected chi connectivity index (χ0v) is 11.3. The van der Waals surface area contributed by atoms with Gasteiger partial charge in [0.15, 0.2) is 0 Å². The van der Waals surface area contributed by atoms with Crippen molar-refractivity contribution in [2.45, 2.75) is 11.8 Å². The van der Waals surface area contributed by atoms with Crippen molar-refractivity contribution in [3.8, 4) is 0 Å². The van der Waals surface area contributed by atoms with E-state index in [0.717, 1.165) is 6.42 Å². The van der Waals surface area contributed by atoms with Crippen LogP contribution in [0.3, 0.4) is 0 Å². The Morgan fingerprint density at radius 3 is 2.15 bits per heavy atom. The summed E-state index contributed by atoms with van der Waals surface area (Å²) in [6.45, 7) is 4.28. The van der Waals surface area contributed by atoms with Gasteiger partial charge in [-0.1, -0.05) is 84.9 Å². The van der Waals surface area contributed by atoms with Gasteiger partial charge in [-0.15, -0.1) is 0 Å². The fourth-order valence-electron chi connectivity index (χ4n) is 3.34. The third-order valence-electron chi connectivity index (χ3n) is 4.47. The number of rotatable bonds is 2. The average molecular weight is 256 g/mol. The van der Waals surface area contributed by atoms with Gasteiger partial charge in [-0.2, -0.15) is 0 Å². The molecule has 0 heterocycles. The van der Waals surface area contributed by atoms with E-state index in [9.17, 15) is 0 Å². The minimum absolute atomic E-state index is 0.0299. The van der Waals surface area contributed by atoms with Crippen molar-refractivity contribution in [1.29, 1.82) is 0 Å². The number of allylic oxidation sites excluding steroid dienone is 1. The van der Waals surface area contributed by atoms with Gasteiger partial charge in [-0.25, -0.2) is 0 Å². The minimum Gasteiger partial charge on any atom is -0.0986 e. The first-order valence-electron chi connectivity index (χ1n) is 7.04. The predicted octanol–water partition coefficient (Wildman–Crippen LogP) is 5.09. The van der Waals surface area contributed by atoms with E-state index in [1.54, 1.807) is 0 Å². The Balaban J connectivity index is 2.01. The van der Waals surface area contributed by atoms with Crippen LogP contribution in [0.25, 0.3) is 10.8 Å². The van der Waals surface area contributed by atoms with Crippen molar-refractivity contribution >= 4 is 10.8 Å². The molecule has 1 atom stereocenters. The highest BCUT2D eigenvalue weighted by molar-refractivity contribution is 5.89. The van der Waals surface area contributed by atoms with Crippen molar-refractivity contribution in [2.24, 2.45) is 0 Å². The molecule has 1 fully saturated rings. The zero-order chi connectivity index (χ0) is 13.6. The van der Waals surface area contributed by atoms with Gasteiger partial charge in [-0.3, -0.25) is 0 Å². The quantitative estimate of drug-likeness (QED) is 0.560. The molecule has 0 amide bonds. The molecule has 0 saturated heterocycles. The summed E-state index contributed by atoms with van der Waals surface area (Å²) in [6.07, 6.45) is 1.06. The first kappa shape index (κ1) is 11.5. The highest BCUT2D eigenvalue weighted by Gasteiger charge is 2.50. The van der Waals surface area contributed by atoms with E-state index in [4.69, 9.17) is 0 Å². The van der Waals surface area contributed by atoms with Crippen LogP contribution < -0.4 is 0 Å². The molecule has 0 unspecified atom stereocenters. The molecular formula is C20H16. The first-order valence-corrected chi connectivity index (χ1v) is 7.04. The fraction of sp³-hybridized carbons (Fsp3) is 0.100. The van der Waals surface area contributed by atoms with Gasteiger partial charge in [0.2, 0.25) is 0 Å². The van der Waals surface area contributed by atoms with Crippen LogP contribution in [0.15, 0.2) is 84.9 Å². The lowest BCUT2D eigenvalue weighted by molar-refractivity contribution is 0.892. The molecule has 96 valence electrons. The van der Waals surface area contributed by atoms with E-state index in [1.807, 2.05) is 0 Å². The average Bonchev–Trinajstić information content (AvgIpc) is 3.20. The Kier molecular flexibility index (Phi) is 2.34. The van der Waals surface area contributed by atoms with Crippen LogP contribution in [0.5, 0.6) is 0 Å². The summed E-state index contributed by atoms with van der Waals surface area (Å²) < 4.78 is 0. The van der Waals surface area contributed by atoms with Crippen LogP contribution in [-0.4, -0.2) is 0 Å². The molecule has 0 aliphatic heterocycles. The topological polar surface area (TPSA) is 0 Å². The standard InChI is InChI=1S/C20H16/c1-15-14-20(15,17-10-3-2-4-11-17)19-13-7-9-16-8-5-6-12-18(16)19/h2-13H,1,14H2/t20-/m0/s1. The number of benzene rings is 3. The van der Waals surface area contributed by atoms with Crippen molar-refractivity contribution in [1.82, 2.24) is 0 Å². The van der Waals surface area contributed by atoms with Crippen LogP contribution in [0, 0.1) is 0 Å². The lowest BCUT2D eigenvalue weighted by Crippen LogP contribution is -2.09. The Labute approximate surface area is 119 Å². The molecule has 0 bridgehead atoms. The second-order valence-electron chi connectivity index (χ2n) is 5.58. The van der Waals surface area contributed by atoms with Crippen molar-refractivity contribution in [3.63, 3.8) is 0 Å². The molecule has 0 nitrogen and oxygen atoms in total. The molecule has 0 N–H and O–H groups in total. The van der Waals surface area contributed by atoms with Crippen LogP contribution >= 0.6 is 0 Å². The molecule has 0 radical (unpaired) electrons. The molecule has 1 aliphatic rings. The van der Waals surface area contributed by atoms with E-state index in [2.05, 4.69) is 79.4 Å². The summed E-state index contributed by atoms with van der Waals surface area (Å²) >= 11 is 0. The van der Waals surface area contributed by atoms with E-state index >= 15 is 0 Å². The van der Waals surface area contributed by atoms with Crippen molar-refractivity contribution in [2.75, 3.05) is 0 Å². The second kappa shape index (κ2) is 4.08. The molecule has 20 heavy (non-hydrogen) atoms. The maximum Gasteiger partial charge on any atom is 0.0452 e. The highest BCUT2D eigenvalue weighted by atomic mass is 14.5. The maximum atomic E-state index is 4.28. The van der Waals surface area contributed by atoms with Crippen LogP contribution in [0.1, 0.15) is 17.5 Å². The minimum atomic E-state index is 0.0299. The lowest BCUT2D eigenvalue weighted by atomic mass is 9.84. The smallest absolute Gasteiger partial charge is 0.0452 e. The predicted molar refractivity (Wildman–Crippen MR) is 84.9 cm³/mol. The number of hydrogen-bond acceptors (Lipinski definition) is 0. The molecule has 0 heteroatoms. The molecule has 0 aromatic heterocycles. The van der Waals surface area contributed by atoms with Gasteiger partial charge >= 0.3 is 0 Å². The second-order valence-corrected chi connectivity index (χ2v) is 5.58. The summed E-state index contributed by atoms with van der Waals surface area (Å²) in [6, 6.07) is 26.0. The highest BCUT2D eigenvalue weighted by Crippen LogP contribution is 2.58. The molecular weight excluding hydrogens is 240 g/mol. The monoisotopic (exact) mass is 256 g/mol. The third-order valence-corrected chi connectivity index (χ3v) is 4.47. The SMILES string of the molecule is C=C1C[C@]1(c1ccccc1)c1cccc2ccccc12. The fourth-order valence-corrected chi connectivity index (χ4v) is 3.34. The van der Waals surface area contributed by atoms with Crippen molar-refractivity contribution < 1.29 is 0 Å². The first-order chi connectivity index (χ1) is 9.82. The summed E-state index contributed by atoms with van der Waals surface area (Å²) in [7, 11) is 0. The molecule has 4 rings (SSSR count). The van der Waals surface area contributed by atoms with Gasteiger partial charge in [0.25, 0.3) is 0 Å². The molecule has 1 aliphatic carbocycles. The van der Waals surface area contributed by atoms with E-state index in [-0.39, 0.29) is 5.41 Å². The lowest BCUT2D eigenvalue weighted by Gasteiger charge is -2.18. The maximum absolute atomic E-state index is 4.28. The summed E-state index contributed by atoms with van der Waals surface area (Å²) in [5.74, 6) is 0. The van der Waals surface area contributed by atoms with Gasteiger partial charge in [-0.05, 0) is 28.3 Å². The van der Waals surface area contributed by atoms with Crippen LogP contribution in [0.4, 0.5) is 0 Å². The summed E-state index contributed by atoms with van der Waals surface area (Å²) in [5.41, 5.74) is 4.11. The van der Waals surface area contributed by atoms with Crippen molar-refractivity contribution in [3.05, 3.63) is 96.1 Å². The van der Waals surface area contributed by atoms with Crippen LogP contribution in [-0.2, 0) is 5.41 Å². The van der Waals surface area contributed by atoms with Gasteiger partial charge in [0.05, 0.1) is 0 Å². The number of fused-ring (bicyclic) bond motifs is 1. The van der Waals surface area contributed by atoms with Crippen LogP contribution in [0.2, 0.25) is 0 Å². The van der Waals surface area contributed by atoms with Gasteiger partial charge < -0.3 is 0 Å². The van der Waals surface area contributed by atoms with Gasteiger partial charge in [0.1, 0.15) is 0 Å². The summed E-state index contributed by atoms with van der Waals surface area (Å²) in [5, 5.41) is 2.65. The third kappa shape index (κ3) is 1.48. The molecule has 3 aromatic rings. The Morgan fingerprint density at radius 2 is 1.40 bits per heavy atom. The van der Waals surface area contributed by atoms with Gasteiger partial charge in [0, 0.05) is 5.41 Å². The largest absolute Gasteiger partial charge is 0.0986 e. The Hall–Kier alpha value is -2.34. The normalized spacial score (nSPS) is 21.1. The van der Waals surface area contributed by atoms with E-state index < -0.39 is 0 Å². The zero-order valence-electron chi connectivity index (χ0n) is 11.3. The molecule has 0 spiro atoms. The number of hydrogen-bond donors (Lipinski definition) is 0.